The third-order valence-corrected chi connectivity index (χ3v) is 4.14. The van der Waals surface area contributed by atoms with E-state index in [1.807, 2.05) is 37.3 Å². The maximum atomic E-state index is 12.6. The van der Waals surface area contributed by atoms with Gasteiger partial charge in [-0.2, -0.15) is 0 Å². The fourth-order valence-corrected chi connectivity index (χ4v) is 2.37. The highest BCUT2D eigenvalue weighted by Gasteiger charge is 2.52. The van der Waals surface area contributed by atoms with Gasteiger partial charge in [0, 0.05) is 7.05 Å². The van der Waals surface area contributed by atoms with Crippen LogP contribution in [0.25, 0.3) is 0 Å². The van der Waals surface area contributed by atoms with E-state index in [0.717, 1.165) is 18.4 Å². The lowest BCUT2D eigenvalue weighted by Crippen LogP contribution is -2.47. The number of thiocarbonyl (C=S) groups is 1. The van der Waals surface area contributed by atoms with Crippen LogP contribution in [0.2, 0.25) is 0 Å². The molecule has 0 aromatic heterocycles. The van der Waals surface area contributed by atoms with E-state index in [2.05, 4.69) is 0 Å². The highest BCUT2D eigenvalue weighted by molar-refractivity contribution is 7.80. The Morgan fingerprint density at radius 3 is 2.39 bits per heavy atom. The molecule has 1 amide bonds. The number of rotatable bonds is 4. The summed E-state index contributed by atoms with van der Waals surface area (Å²) in [5.41, 5.74) is 6.37. The minimum absolute atomic E-state index is 0.119. The molecule has 0 bridgehead atoms. The summed E-state index contributed by atoms with van der Waals surface area (Å²) in [6.07, 6.45) is 1.81. The summed E-state index contributed by atoms with van der Waals surface area (Å²) in [4.78, 5) is 14.6. The molecule has 1 aliphatic carbocycles. The van der Waals surface area contributed by atoms with Crippen LogP contribution in [0.5, 0.6) is 0 Å². The summed E-state index contributed by atoms with van der Waals surface area (Å²) < 4.78 is 0. The number of amides is 1. The van der Waals surface area contributed by atoms with Crippen LogP contribution < -0.4 is 5.73 Å². The molecule has 96 valence electrons. The molecule has 0 saturated heterocycles. The summed E-state index contributed by atoms with van der Waals surface area (Å²) in [5.74, 6) is 0.119. The van der Waals surface area contributed by atoms with Crippen LogP contribution in [0, 0.1) is 0 Å². The van der Waals surface area contributed by atoms with Gasteiger partial charge < -0.3 is 10.6 Å². The van der Waals surface area contributed by atoms with E-state index in [-0.39, 0.29) is 17.4 Å². The maximum Gasteiger partial charge on any atom is 0.233 e. The first-order valence-electron chi connectivity index (χ1n) is 6.11. The fraction of sp³-hybridized carbons (Fsp3) is 0.429. The highest BCUT2D eigenvalue weighted by Crippen LogP contribution is 2.49. The lowest BCUT2D eigenvalue weighted by molar-refractivity contribution is -0.133. The van der Waals surface area contributed by atoms with Gasteiger partial charge in [-0.3, -0.25) is 4.79 Å². The average Bonchev–Trinajstić information content (AvgIpc) is 3.18. The molecule has 0 spiro atoms. The molecule has 1 aromatic carbocycles. The Hall–Kier alpha value is -1.42. The molecule has 0 aliphatic heterocycles. The molecule has 1 atom stereocenters. The van der Waals surface area contributed by atoms with E-state index in [4.69, 9.17) is 18.0 Å². The first-order chi connectivity index (χ1) is 8.49. The van der Waals surface area contributed by atoms with Crippen LogP contribution in [-0.4, -0.2) is 28.9 Å². The Labute approximate surface area is 113 Å². The molecule has 2 N–H and O–H groups in total. The zero-order chi connectivity index (χ0) is 13.3. The van der Waals surface area contributed by atoms with E-state index >= 15 is 0 Å². The van der Waals surface area contributed by atoms with Gasteiger partial charge in [0.05, 0.1) is 16.4 Å². The molecule has 0 radical (unpaired) electrons. The van der Waals surface area contributed by atoms with E-state index in [9.17, 15) is 4.79 Å². The Morgan fingerprint density at radius 1 is 1.39 bits per heavy atom. The van der Waals surface area contributed by atoms with Gasteiger partial charge in [-0.15, -0.1) is 0 Å². The average molecular weight is 262 g/mol. The molecule has 0 heterocycles. The van der Waals surface area contributed by atoms with Crippen molar-refractivity contribution in [3.05, 3.63) is 35.9 Å². The number of hydrogen-bond donors (Lipinski definition) is 1. The Kier molecular flexibility index (Phi) is 3.39. The van der Waals surface area contributed by atoms with Crippen molar-refractivity contribution in [1.29, 1.82) is 0 Å². The lowest BCUT2D eigenvalue weighted by Gasteiger charge is -2.28. The van der Waals surface area contributed by atoms with Gasteiger partial charge in [0.2, 0.25) is 5.91 Å². The molecule has 2 rings (SSSR count). The number of likely N-dealkylation sites (N-methyl/N-ethyl adjacent to an activating group) is 1. The largest absolute Gasteiger partial charge is 0.392 e. The summed E-state index contributed by atoms with van der Waals surface area (Å²) >= 11 is 4.96. The number of nitrogens with two attached hydrogens (primary N) is 1. The van der Waals surface area contributed by atoms with Crippen LogP contribution in [-0.2, 0) is 10.2 Å². The number of benzene rings is 1. The molecule has 1 saturated carbocycles. The summed E-state index contributed by atoms with van der Waals surface area (Å²) in [6, 6.07) is 9.74. The molecule has 1 aliphatic rings. The fourth-order valence-electron chi connectivity index (χ4n) is 2.21. The number of carbonyl (C=O) groups excluding carboxylic acids is 1. The highest BCUT2D eigenvalue weighted by atomic mass is 32.1. The van der Waals surface area contributed by atoms with Crippen molar-refractivity contribution in [2.75, 3.05) is 7.05 Å². The second-order valence-electron chi connectivity index (χ2n) is 4.94. The second-order valence-corrected chi connectivity index (χ2v) is 5.41. The molecule has 1 fully saturated rings. The first-order valence-corrected chi connectivity index (χ1v) is 6.52. The third-order valence-electron chi connectivity index (χ3n) is 3.80. The van der Waals surface area contributed by atoms with Crippen LogP contribution >= 0.6 is 12.2 Å². The maximum absolute atomic E-state index is 12.6. The van der Waals surface area contributed by atoms with Crippen LogP contribution in [0.4, 0.5) is 0 Å². The van der Waals surface area contributed by atoms with E-state index in [1.165, 1.54) is 0 Å². The molecular weight excluding hydrogens is 244 g/mol. The number of carbonyl (C=O) groups is 1. The summed E-state index contributed by atoms with van der Waals surface area (Å²) in [7, 11) is 1.77. The monoisotopic (exact) mass is 262 g/mol. The third kappa shape index (κ3) is 2.12. The SMILES string of the molecule is CC(C(N)=S)N(C)C(=O)C1(c2ccccc2)CC1. The predicted octanol–water partition coefficient (Wildman–Crippen LogP) is 1.85. The molecule has 1 unspecified atom stereocenters. The standard InChI is InChI=1S/C14H18N2OS/c1-10(12(15)18)16(2)13(17)14(8-9-14)11-6-4-3-5-7-11/h3-7,10H,8-9H2,1-2H3,(H2,15,18). The van der Waals surface area contributed by atoms with Gasteiger partial charge in [0.15, 0.2) is 0 Å². The normalized spacial score (nSPS) is 17.9. The topological polar surface area (TPSA) is 46.3 Å². The minimum atomic E-state index is -0.338. The van der Waals surface area contributed by atoms with Crippen LogP contribution in [0.1, 0.15) is 25.3 Å². The second kappa shape index (κ2) is 4.69. The van der Waals surface area contributed by atoms with Gasteiger partial charge in [-0.1, -0.05) is 42.5 Å². The van der Waals surface area contributed by atoms with E-state index < -0.39 is 0 Å². The number of nitrogens with zero attached hydrogens (tertiary/aromatic N) is 1. The lowest BCUT2D eigenvalue weighted by atomic mass is 9.94. The quantitative estimate of drug-likeness (QED) is 0.842. The zero-order valence-corrected chi connectivity index (χ0v) is 11.5. The first kappa shape index (κ1) is 13.0. The van der Waals surface area contributed by atoms with Crippen molar-refractivity contribution in [2.24, 2.45) is 5.73 Å². The van der Waals surface area contributed by atoms with Gasteiger partial charge in [0.1, 0.15) is 0 Å². The Bertz CT molecular complexity index is 468. The van der Waals surface area contributed by atoms with Gasteiger partial charge >= 0.3 is 0 Å². The zero-order valence-electron chi connectivity index (χ0n) is 10.7. The smallest absolute Gasteiger partial charge is 0.233 e. The molecule has 1 aromatic rings. The molecule has 3 nitrogen and oxygen atoms in total. The summed E-state index contributed by atoms with van der Waals surface area (Å²) in [5, 5.41) is 0. The van der Waals surface area contributed by atoms with E-state index in [1.54, 1.807) is 11.9 Å². The van der Waals surface area contributed by atoms with Gasteiger partial charge in [0.25, 0.3) is 0 Å². The summed E-state index contributed by atoms with van der Waals surface area (Å²) in [6.45, 7) is 1.86. The van der Waals surface area contributed by atoms with E-state index in [0.29, 0.717) is 4.99 Å². The van der Waals surface area contributed by atoms with Crippen molar-refractivity contribution in [3.8, 4) is 0 Å². The minimum Gasteiger partial charge on any atom is -0.392 e. The van der Waals surface area contributed by atoms with Crippen LogP contribution in [0.15, 0.2) is 30.3 Å². The number of hydrogen-bond acceptors (Lipinski definition) is 2. The Balaban J connectivity index is 2.22. The van der Waals surface area contributed by atoms with Crippen molar-refractivity contribution in [3.63, 3.8) is 0 Å². The molecule has 4 heteroatoms. The predicted molar refractivity (Wildman–Crippen MR) is 76.4 cm³/mol. The van der Waals surface area contributed by atoms with Crippen molar-refractivity contribution in [1.82, 2.24) is 4.90 Å². The van der Waals surface area contributed by atoms with Crippen molar-refractivity contribution in [2.45, 2.75) is 31.2 Å². The Morgan fingerprint density at radius 2 is 1.94 bits per heavy atom. The van der Waals surface area contributed by atoms with Gasteiger partial charge in [-0.25, -0.2) is 0 Å². The van der Waals surface area contributed by atoms with Crippen LogP contribution in [0.3, 0.4) is 0 Å². The van der Waals surface area contributed by atoms with Crippen molar-refractivity contribution < 1.29 is 4.79 Å². The molecule has 18 heavy (non-hydrogen) atoms. The molecular formula is C14H18N2OS. The van der Waals surface area contributed by atoms with Gasteiger partial charge in [-0.05, 0) is 25.3 Å². The van der Waals surface area contributed by atoms with Crippen molar-refractivity contribution >= 4 is 23.1 Å².